The minimum atomic E-state index is -3.44. The van der Waals surface area contributed by atoms with Crippen molar-refractivity contribution < 1.29 is 23.6 Å². The Morgan fingerprint density at radius 1 is 0.844 bits per heavy atom. The molecule has 0 saturated carbocycles. The van der Waals surface area contributed by atoms with Crippen LogP contribution in [0.4, 0.5) is 0 Å². The minimum absolute atomic E-state index is 0.0579. The molecule has 0 aliphatic carbocycles. The van der Waals surface area contributed by atoms with Crippen molar-refractivity contribution in [1.29, 1.82) is 0 Å². The van der Waals surface area contributed by atoms with E-state index in [0.29, 0.717) is 5.30 Å². The molecule has 0 unspecified atom stereocenters. The van der Waals surface area contributed by atoms with Crippen molar-refractivity contribution in [2.75, 3.05) is 26.3 Å². The van der Waals surface area contributed by atoms with Gasteiger partial charge in [0.05, 0.1) is 0 Å². The molecular weight excluding hydrogens is 427 g/mol. The second-order valence-electron chi connectivity index (χ2n) is 9.21. The molecule has 1 rings (SSSR count). The van der Waals surface area contributed by atoms with E-state index < -0.39 is 30.5 Å². The number of ether oxygens (including phenoxy) is 2. The van der Waals surface area contributed by atoms with Crippen LogP contribution in [0, 0.1) is 0 Å². The summed E-state index contributed by atoms with van der Waals surface area (Å²) >= 11 is 0. The Balaban J connectivity index is 3.53. The van der Waals surface area contributed by atoms with Gasteiger partial charge in [-0.25, -0.2) is 18.9 Å². The lowest BCUT2D eigenvalue weighted by Gasteiger charge is -2.50. The number of carbonyl (C=O) groups is 2. The first-order valence-corrected chi connectivity index (χ1v) is 12.2. The molecule has 0 heterocycles. The molecule has 0 N–H and O–H groups in total. The van der Waals surface area contributed by atoms with Crippen LogP contribution in [0.2, 0.25) is 0 Å². The van der Waals surface area contributed by atoms with Gasteiger partial charge in [0.2, 0.25) is 7.44 Å². The molecule has 1 aromatic carbocycles. The van der Waals surface area contributed by atoms with Crippen molar-refractivity contribution in [1.82, 2.24) is 9.34 Å². The Bertz CT molecular complexity index is 792. The summed E-state index contributed by atoms with van der Waals surface area (Å²) < 4.78 is 29.3. The molecule has 32 heavy (non-hydrogen) atoms. The molecule has 8 heteroatoms. The van der Waals surface area contributed by atoms with E-state index in [9.17, 15) is 9.59 Å². The molecule has 178 valence electrons. The fourth-order valence-electron chi connectivity index (χ4n) is 3.37. The first-order chi connectivity index (χ1) is 14.8. The Labute approximate surface area is 192 Å². The van der Waals surface area contributed by atoms with Crippen LogP contribution in [0.3, 0.4) is 0 Å². The molecule has 0 atom stereocenters. The van der Waals surface area contributed by atoms with Gasteiger partial charge in [-0.15, -0.1) is 0 Å². The molecule has 0 bridgehead atoms. The molecule has 7 nitrogen and oxygen atoms in total. The van der Waals surface area contributed by atoms with Crippen LogP contribution in [0.1, 0.15) is 41.5 Å². The van der Waals surface area contributed by atoms with E-state index in [0.717, 1.165) is 12.2 Å². The van der Waals surface area contributed by atoms with E-state index in [1.54, 1.807) is 0 Å². The van der Waals surface area contributed by atoms with Gasteiger partial charge in [-0.1, -0.05) is 31.4 Å². The first-order valence-electron chi connectivity index (χ1n) is 10.6. The molecule has 0 spiro atoms. The van der Waals surface area contributed by atoms with Crippen molar-refractivity contribution in [3.63, 3.8) is 0 Å². The summed E-state index contributed by atoms with van der Waals surface area (Å²) in [5, 5.41) is 0.648. The number of hydrogen-bond donors (Lipinski definition) is 0. The average Bonchev–Trinajstić information content (AvgIpc) is 2.72. The van der Waals surface area contributed by atoms with Gasteiger partial charge in [-0.3, -0.25) is 4.57 Å². The minimum Gasteiger partial charge on any atom is -0.461 e. The maximum absolute atomic E-state index is 15.1. The topological polar surface area (TPSA) is 76.2 Å². The SMILES string of the molecule is C=CC(=O)OCCN(C(C)(C)C)P(=O)(c1ccccc1)N(CCOC(=O)C=C)C(C)(C)C. The zero-order chi connectivity index (χ0) is 24.6. The van der Waals surface area contributed by atoms with E-state index in [4.69, 9.17) is 9.47 Å². The predicted octanol–water partition coefficient (Wildman–Crippen LogP) is 4.16. The van der Waals surface area contributed by atoms with E-state index >= 15 is 4.57 Å². The van der Waals surface area contributed by atoms with Gasteiger partial charge in [0.25, 0.3) is 0 Å². The van der Waals surface area contributed by atoms with Crippen molar-refractivity contribution in [2.45, 2.75) is 52.6 Å². The maximum atomic E-state index is 15.1. The molecule has 0 saturated heterocycles. The third-order valence-corrected chi connectivity index (χ3v) is 8.60. The quantitative estimate of drug-likeness (QED) is 0.276. The van der Waals surface area contributed by atoms with Gasteiger partial charge in [0.1, 0.15) is 13.2 Å². The van der Waals surface area contributed by atoms with Gasteiger partial charge < -0.3 is 9.47 Å². The largest absolute Gasteiger partial charge is 0.461 e. The second kappa shape index (κ2) is 11.6. The highest BCUT2D eigenvalue weighted by molar-refractivity contribution is 7.67. The van der Waals surface area contributed by atoms with Crippen LogP contribution in [0.25, 0.3) is 0 Å². The van der Waals surface area contributed by atoms with Gasteiger partial charge >= 0.3 is 11.9 Å². The summed E-state index contributed by atoms with van der Waals surface area (Å²) in [6.45, 7) is 19.3. The third kappa shape index (κ3) is 7.44. The standard InChI is InChI=1S/C24H37N2O5P/c1-9-21(27)30-18-16-25(23(3,4)5)32(29,20-14-12-11-13-15-20)26(24(6,7)8)17-19-31-22(28)10-2/h9-15H,1-2,16-19H2,3-8H3. The third-order valence-electron chi connectivity index (χ3n) is 4.72. The van der Waals surface area contributed by atoms with Crippen molar-refractivity contribution in [2.24, 2.45) is 0 Å². The Morgan fingerprint density at radius 2 is 1.22 bits per heavy atom. The van der Waals surface area contributed by atoms with Crippen molar-refractivity contribution in [3.8, 4) is 0 Å². The average molecular weight is 465 g/mol. The van der Waals surface area contributed by atoms with Crippen molar-refractivity contribution in [3.05, 3.63) is 55.6 Å². The highest BCUT2D eigenvalue weighted by atomic mass is 31.2. The Kier molecular flexibility index (Phi) is 10.1. The summed E-state index contributed by atoms with van der Waals surface area (Å²) in [7, 11) is -3.44. The monoisotopic (exact) mass is 464 g/mol. The number of rotatable bonds is 11. The predicted molar refractivity (Wildman–Crippen MR) is 129 cm³/mol. The summed E-state index contributed by atoms with van der Waals surface area (Å²) in [6, 6.07) is 9.24. The van der Waals surface area contributed by atoms with Crippen LogP contribution >= 0.6 is 7.44 Å². The van der Waals surface area contributed by atoms with Gasteiger partial charge in [-0.05, 0) is 53.7 Å². The van der Waals surface area contributed by atoms with Gasteiger partial charge in [0.15, 0.2) is 0 Å². The fourth-order valence-corrected chi connectivity index (χ4v) is 7.08. The number of carbonyl (C=O) groups excluding carboxylic acids is 2. The molecular formula is C24H37N2O5P. The van der Waals surface area contributed by atoms with Gasteiger partial charge in [0, 0.05) is 41.6 Å². The zero-order valence-electron chi connectivity index (χ0n) is 20.2. The molecule has 0 amide bonds. The summed E-state index contributed by atoms with van der Waals surface area (Å²) in [4.78, 5) is 23.2. The summed E-state index contributed by atoms with van der Waals surface area (Å²) in [5.74, 6) is -1.06. The second-order valence-corrected chi connectivity index (χ2v) is 11.8. The highest BCUT2D eigenvalue weighted by Crippen LogP contribution is 2.57. The van der Waals surface area contributed by atoms with Crippen molar-refractivity contribution >= 4 is 24.7 Å². The zero-order valence-corrected chi connectivity index (χ0v) is 21.1. The fraction of sp³-hybridized carbons (Fsp3) is 0.500. The number of benzene rings is 1. The molecule has 1 aromatic rings. The first kappa shape index (κ1) is 27.8. The normalized spacial score (nSPS) is 12.5. The lowest BCUT2D eigenvalue weighted by atomic mass is 10.1. The number of esters is 2. The van der Waals surface area contributed by atoms with E-state index in [1.165, 1.54) is 0 Å². The molecule has 0 aliphatic heterocycles. The summed E-state index contributed by atoms with van der Waals surface area (Å²) in [6.07, 6.45) is 2.21. The van der Waals surface area contributed by atoms with E-state index in [2.05, 4.69) is 13.2 Å². The number of hydrogen-bond acceptors (Lipinski definition) is 5. The molecule has 0 aromatic heterocycles. The molecule has 0 fully saturated rings. The van der Waals surface area contributed by atoms with Crippen LogP contribution in [-0.4, -0.2) is 58.7 Å². The van der Waals surface area contributed by atoms with Crippen LogP contribution in [0.5, 0.6) is 0 Å². The molecule has 0 radical (unpaired) electrons. The molecule has 0 aliphatic rings. The Morgan fingerprint density at radius 3 is 1.53 bits per heavy atom. The maximum Gasteiger partial charge on any atom is 0.330 e. The van der Waals surface area contributed by atoms with Gasteiger partial charge in [-0.2, -0.15) is 0 Å². The van der Waals surface area contributed by atoms with E-state index in [-0.39, 0.29) is 26.3 Å². The smallest absolute Gasteiger partial charge is 0.330 e. The Hall–Kier alpha value is -2.21. The lowest BCUT2D eigenvalue weighted by Crippen LogP contribution is -2.53. The van der Waals surface area contributed by atoms with E-state index in [1.807, 2.05) is 81.2 Å². The highest BCUT2D eigenvalue weighted by Gasteiger charge is 2.47. The van der Waals surface area contributed by atoms with Crippen LogP contribution in [0.15, 0.2) is 55.6 Å². The number of nitrogens with zero attached hydrogens (tertiary/aromatic N) is 2. The lowest BCUT2D eigenvalue weighted by molar-refractivity contribution is -0.138. The van der Waals surface area contributed by atoms with Crippen LogP contribution < -0.4 is 5.30 Å². The van der Waals surface area contributed by atoms with Crippen LogP contribution in [-0.2, 0) is 23.6 Å². The summed E-state index contributed by atoms with van der Waals surface area (Å²) in [5.41, 5.74) is -1.07.